The minimum atomic E-state index is -0.605. The Morgan fingerprint density at radius 2 is 1.81 bits per heavy atom. The van der Waals surface area contributed by atoms with E-state index in [1.165, 1.54) is 18.4 Å². The normalized spacial score (nSPS) is 15.4. The van der Waals surface area contributed by atoms with E-state index in [9.17, 15) is 9.59 Å². The number of halogens is 1. The molecule has 1 amide bonds. The van der Waals surface area contributed by atoms with Crippen LogP contribution in [-0.2, 0) is 9.53 Å². The highest BCUT2D eigenvalue weighted by Crippen LogP contribution is 2.31. The first-order valence-electron chi connectivity index (χ1n) is 10.2. The third-order valence-electron chi connectivity index (χ3n) is 5.47. The average molecular weight is 471 g/mol. The number of amides is 1. The van der Waals surface area contributed by atoms with E-state index in [1.54, 1.807) is 17.2 Å². The number of rotatable bonds is 5. The van der Waals surface area contributed by atoms with Crippen LogP contribution in [0, 0.1) is 6.92 Å². The Bertz CT molecular complexity index is 1110. The molecule has 1 aromatic carbocycles. The van der Waals surface area contributed by atoms with Crippen molar-refractivity contribution in [3.05, 3.63) is 69.8 Å². The molecule has 1 saturated heterocycles. The van der Waals surface area contributed by atoms with E-state index in [-0.39, 0.29) is 11.9 Å². The van der Waals surface area contributed by atoms with E-state index < -0.39 is 6.04 Å². The number of aryl methyl sites for hydroxylation is 1. The number of thiazole rings is 1. The van der Waals surface area contributed by atoms with E-state index in [0.717, 1.165) is 10.7 Å². The lowest BCUT2D eigenvalue weighted by atomic mass is 10.0. The summed E-state index contributed by atoms with van der Waals surface area (Å²) in [6.45, 7) is 3.89. The number of methoxy groups -OCH3 is 1. The number of pyridine rings is 1. The number of aromatic nitrogens is 2. The topological polar surface area (TPSA) is 75.6 Å². The van der Waals surface area contributed by atoms with Crippen LogP contribution in [0.3, 0.4) is 0 Å². The molecule has 1 unspecified atom stereocenters. The van der Waals surface area contributed by atoms with E-state index in [4.69, 9.17) is 16.3 Å². The van der Waals surface area contributed by atoms with Crippen LogP contribution < -0.4 is 0 Å². The first-order chi connectivity index (χ1) is 15.5. The fraction of sp³-hybridized carbons (Fsp3) is 0.304. The number of benzene rings is 1. The predicted octanol–water partition coefficient (Wildman–Crippen LogP) is 3.84. The number of hydrogen-bond acceptors (Lipinski definition) is 7. The maximum atomic E-state index is 13.2. The lowest BCUT2D eigenvalue weighted by Gasteiger charge is -2.38. The summed E-state index contributed by atoms with van der Waals surface area (Å²) in [5.41, 5.74) is 2.16. The van der Waals surface area contributed by atoms with Gasteiger partial charge in [-0.1, -0.05) is 35.9 Å². The number of carbonyl (C=O) groups excluding carboxylic acids is 2. The van der Waals surface area contributed by atoms with Gasteiger partial charge in [-0.05, 0) is 30.7 Å². The molecule has 9 heteroatoms. The zero-order valence-corrected chi connectivity index (χ0v) is 19.4. The van der Waals surface area contributed by atoms with Gasteiger partial charge in [0, 0.05) is 37.4 Å². The van der Waals surface area contributed by atoms with E-state index in [2.05, 4.69) is 9.97 Å². The highest BCUT2D eigenvalue weighted by Gasteiger charge is 2.34. The van der Waals surface area contributed by atoms with Gasteiger partial charge in [-0.25, -0.2) is 9.78 Å². The molecule has 1 atom stereocenters. The van der Waals surface area contributed by atoms with Gasteiger partial charge in [0.2, 0.25) is 0 Å². The number of piperazine rings is 1. The van der Waals surface area contributed by atoms with Crippen molar-refractivity contribution in [1.29, 1.82) is 0 Å². The molecule has 3 heterocycles. The molecular formula is C23H23ClN4O3S. The van der Waals surface area contributed by atoms with Gasteiger partial charge in [0.15, 0.2) is 0 Å². The minimum absolute atomic E-state index is 0.0470. The lowest BCUT2D eigenvalue weighted by molar-refractivity contribution is -0.148. The molecule has 0 radical (unpaired) electrons. The number of hydrogen-bond donors (Lipinski definition) is 0. The molecule has 166 valence electrons. The molecule has 32 heavy (non-hydrogen) atoms. The second-order valence-corrected chi connectivity index (χ2v) is 8.83. The lowest BCUT2D eigenvalue weighted by Crippen LogP contribution is -2.51. The fourth-order valence-corrected chi connectivity index (χ4v) is 5.05. The first-order valence-corrected chi connectivity index (χ1v) is 11.4. The Morgan fingerprint density at radius 3 is 2.47 bits per heavy atom. The standard InChI is InChI=1S/C23H23ClN4O3S/c1-15-20(32-21(26-15)18-9-5-6-10-25-18)22(29)28-13-11-27(12-14-28)19(23(30)31-2)16-7-3-4-8-17(16)24/h3-10,19H,11-14H2,1-2H3. The third kappa shape index (κ3) is 4.53. The molecular weight excluding hydrogens is 448 g/mol. The van der Waals surface area contributed by atoms with Crippen LogP contribution >= 0.6 is 22.9 Å². The quantitative estimate of drug-likeness (QED) is 0.527. The van der Waals surface area contributed by atoms with Gasteiger partial charge in [-0.2, -0.15) is 0 Å². The number of esters is 1. The molecule has 0 N–H and O–H groups in total. The van der Waals surface area contributed by atoms with Crippen molar-refractivity contribution in [2.75, 3.05) is 33.3 Å². The molecule has 0 saturated carbocycles. The second-order valence-electron chi connectivity index (χ2n) is 7.42. The summed E-state index contributed by atoms with van der Waals surface area (Å²) < 4.78 is 5.05. The molecule has 7 nitrogen and oxygen atoms in total. The Balaban J connectivity index is 1.48. The molecule has 0 bridgehead atoms. The van der Waals surface area contributed by atoms with Gasteiger partial charge in [-0.3, -0.25) is 14.7 Å². The molecule has 2 aromatic heterocycles. The van der Waals surface area contributed by atoms with Crippen LogP contribution in [0.1, 0.15) is 27.0 Å². The van der Waals surface area contributed by atoms with E-state index in [1.807, 2.05) is 48.2 Å². The molecule has 1 fully saturated rings. The Labute approximate surface area is 195 Å². The average Bonchev–Trinajstić information content (AvgIpc) is 3.22. The van der Waals surface area contributed by atoms with E-state index >= 15 is 0 Å². The summed E-state index contributed by atoms with van der Waals surface area (Å²) in [5.74, 6) is -0.412. The summed E-state index contributed by atoms with van der Waals surface area (Å²) in [7, 11) is 1.37. The molecule has 1 aliphatic rings. The molecule has 3 aromatic rings. The summed E-state index contributed by atoms with van der Waals surface area (Å²) in [5, 5.41) is 1.25. The molecule has 4 rings (SSSR count). The maximum absolute atomic E-state index is 13.2. The third-order valence-corrected chi connectivity index (χ3v) is 6.98. The fourth-order valence-electron chi connectivity index (χ4n) is 3.80. The van der Waals surface area contributed by atoms with Crippen molar-refractivity contribution >= 4 is 34.8 Å². The Hall–Kier alpha value is -2.81. The van der Waals surface area contributed by atoms with E-state index in [0.29, 0.717) is 47.3 Å². The van der Waals surface area contributed by atoms with Gasteiger partial charge in [0.25, 0.3) is 5.91 Å². The van der Waals surface area contributed by atoms with Crippen LogP contribution in [-0.4, -0.2) is 64.9 Å². The maximum Gasteiger partial charge on any atom is 0.327 e. The highest BCUT2D eigenvalue weighted by atomic mass is 35.5. The van der Waals surface area contributed by atoms with Crippen LogP contribution in [0.2, 0.25) is 5.02 Å². The summed E-state index contributed by atoms with van der Waals surface area (Å²) in [6.07, 6.45) is 1.71. The highest BCUT2D eigenvalue weighted by molar-refractivity contribution is 7.17. The van der Waals surface area contributed by atoms with Crippen molar-refractivity contribution in [1.82, 2.24) is 19.8 Å². The van der Waals surface area contributed by atoms with Crippen LogP contribution in [0.4, 0.5) is 0 Å². The van der Waals surface area contributed by atoms with Crippen LogP contribution in [0.15, 0.2) is 48.7 Å². The zero-order chi connectivity index (χ0) is 22.7. The number of carbonyl (C=O) groups is 2. The van der Waals surface area contributed by atoms with Crippen LogP contribution in [0.5, 0.6) is 0 Å². The van der Waals surface area contributed by atoms with Crippen molar-refractivity contribution in [3.8, 4) is 10.7 Å². The monoisotopic (exact) mass is 470 g/mol. The minimum Gasteiger partial charge on any atom is -0.468 e. The predicted molar refractivity (Wildman–Crippen MR) is 124 cm³/mol. The molecule has 0 aliphatic carbocycles. The molecule has 0 spiro atoms. The smallest absolute Gasteiger partial charge is 0.327 e. The molecule has 1 aliphatic heterocycles. The van der Waals surface area contributed by atoms with Gasteiger partial charge < -0.3 is 9.64 Å². The largest absolute Gasteiger partial charge is 0.468 e. The summed E-state index contributed by atoms with van der Waals surface area (Å²) in [6, 6.07) is 12.3. The van der Waals surface area contributed by atoms with Gasteiger partial charge in [-0.15, -0.1) is 11.3 Å². The number of nitrogens with zero attached hydrogens (tertiary/aromatic N) is 4. The van der Waals surface area contributed by atoms with Crippen molar-refractivity contribution in [2.45, 2.75) is 13.0 Å². The van der Waals surface area contributed by atoms with Crippen molar-refractivity contribution in [2.24, 2.45) is 0 Å². The SMILES string of the molecule is COC(=O)C(c1ccccc1Cl)N1CCN(C(=O)c2sc(-c3ccccn3)nc2C)CC1. The first kappa shape index (κ1) is 22.4. The summed E-state index contributed by atoms with van der Waals surface area (Å²) in [4.78, 5) is 39.1. The zero-order valence-electron chi connectivity index (χ0n) is 17.8. The number of ether oxygens (including phenoxy) is 1. The van der Waals surface area contributed by atoms with Gasteiger partial charge in [0.1, 0.15) is 15.9 Å². The second kappa shape index (κ2) is 9.77. The van der Waals surface area contributed by atoms with Crippen LogP contribution in [0.25, 0.3) is 10.7 Å². The van der Waals surface area contributed by atoms with Crippen molar-refractivity contribution < 1.29 is 14.3 Å². The Morgan fingerprint density at radius 1 is 1.09 bits per heavy atom. The Kier molecular flexibility index (Phi) is 6.83. The van der Waals surface area contributed by atoms with Gasteiger partial charge >= 0.3 is 5.97 Å². The summed E-state index contributed by atoms with van der Waals surface area (Å²) >= 11 is 7.72. The van der Waals surface area contributed by atoms with Crippen molar-refractivity contribution in [3.63, 3.8) is 0 Å². The van der Waals surface area contributed by atoms with Gasteiger partial charge in [0.05, 0.1) is 18.5 Å².